The molecule has 2 aromatic carbocycles. The highest BCUT2D eigenvalue weighted by atomic mass is 32.2. The number of thioether (sulfide) groups is 1. The fourth-order valence-corrected chi connectivity index (χ4v) is 4.13. The summed E-state index contributed by atoms with van der Waals surface area (Å²) in [5.41, 5.74) is 0.680. The zero-order valence-electron chi connectivity index (χ0n) is 17.3. The van der Waals surface area contributed by atoms with Gasteiger partial charge >= 0.3 is 0 Å². The molecular weight excluding hydrogens is 426 g/mol. The lowest BCUT2D eigenvalue weighted by Gasteiger charge is -2.26. The lowest BCUT2D eigenvalue weighted by atomic mass is 10.2. The Hall–Kier alpha value is -3.77. The van der Waals surface area contributed by atoms with Crippen molar-refractivity contribution in [2.75, 3.05) is 23.8 Å². The first-order chi connectivity index (χ1) is 15.7. The van der Waals surface area contributed by atoms with Crippen LogP contribution in [0.25, 0.3) is 0 Å². The summed E-state index contributed by atoms with van der Waals surface area (Å²) >= 11 is 1.26. The van der Waals surface area contributed by atoms with E-state index in [-0.39, 0.29) is 18.2 Å². The minimum absolute atomic E-state index is 0.0271. The molecule has 8 nitrogen and oxygen atoms in total. The number of rotatable bonds is 8. The van der Waals surface area contributed by atoms with Crippen molar-refractivity contribution in [2.45, 2.75) is 17.8 Å². The lowest BCUT2D eigenvalue weighted by Crippen LogP contribution is -2.32. The Morgan fingerprint density at radius 2 is 1.97 bits per heavy atom. The maximum Gasteiger partial charge on any atom is 0.238 e. The van der Waals surface area contributed by atoms with E-state index in [9.17, 15) is 4.79 Å². The third-order valence-electron chi connectivity index (χ3n) is 4.78. The summed E-state index contributed by atoms with van der Waals surface area (Å²) in [5, 5.41) is 18.3. The van der Waals surface area contributed by atoms with Crippen LogP contribution in [0.3, 0.4) is 0 Å². The third kappa shape index (κ3) is 4.60. The van der Waals surface area contributed by atoms with Crippen LogP contribution in [0.15, 0.2) is 72.4 Å². The van der Waals surface area contributed by atoms with Crippen LogP contribution < -0.4 is 14.4 Å². The molecule has 1 unspecified atom stereocenters. The van der Waals surface area contributed by atoms with Crippen molar-refractivity contribution in [1.82, 2.24) is 14.8 Å². The zero-order chi connectivity index (χ0) is 22.3. The van der Waals surface area contributed by atoms with Crippen LogP contribution in [0.2, 0.25) is 0 Å². The van der Waals surface area contributed by atoms with Crippen LogP contribution in [-0.2, 0) is 11.3 Å². The third-order valence-corrected chi connectivity index (χ3v) is 5.73. The summed E-state index contributed by atoms with van der Waals surface area (Å²) in [7, 11) is 0. The van der Waals surface area contributed by atoms with Crippen molar-refractivity contribution >= 4 is 23.4 Å². The molecule has 32 heavy (non-hydrogen) atoms. The number of benzene rings is 2. The molecule has 1 aliphatic rings. The maximum absolute atomic E-state index is 12.9. The molecule has 0 bridgehead atoms. The Balaban J connectivity index is 1.50. The van der Waals surface area contributed by atoms with E-state index in [1.54, 1.807) is 18.2 Å². The molecule has 1 amide bonds. The van der Waals surface area contributed by atoms with Gasteiger partial charge in [0, 0.05) is 12.2 Å². The van der Waals surface area contributed by atoms with Crippen LogP contribution in [0, 0.1) is 11.3 Å². The Bertz CT molecular complexity index is 1140. The second-order valence-electron chi connectivity index (χ2n) is 6.87. The SMILES string of the molecule is C=CCn1c(SCC(=O)N(CC#N)c2ccccc2)nnc1C1COc2ccccc2O1. The summed E-state index contributed by atoms with van der Waals surface area (Å²) in [6.07, 6.45) is 1.31. The van der Waals surface area contributed by atoms with Gasteiger partial charge in [-0.25, -0.2) is 0 Å². The van der Waals surface area contributed by atoms with E-state index in [0.29, 0.717) is 41.3 Å². The van der Waals surface area contributed by atoms with Crippen LogP contribution in [-0.4, -0.2) is 39.6 Å². The van der Waals surface area contributed by atoms with Crippen LogP contribution in [0.4, 0.5) is 5.69 Å². The molecule has 0 fully saturated rings. The molecule has 0 radical (unpaired) electrons. The Labute approximate surface area is 190 Å². The van der Waals surface area contributed by atoms with Crippen molar-refractivity contribution < 1.29 is 14.3 Å². The molecule has 1 atom stereocenters. The fraction of sp³-hybridized carbons (Fsp3) is 0.217. The highest BCUT2D eigenvalue weighted by Crippen LogP contribution is 2.36. The predicted octanol–water partition coefficient (Wildman–Crippen LogP) is 3.63. The number of ether oxygens (including phenoxy) is 2. The van der Waals surface area contributed by atoms with Gasteiger partial charge in [-0.3, -0.25) is 14.3 Å². The zero-order valence-corrected chi connectivity index (χ0v) is 18.1. The summed E-state index contributed by atoms with van der Waals surface area (Å²) in [6.45, 7) is 4.55. The fourth-order valence-electron chi connectivity index (χ4n) is 3.30. The van der Waals surface area contributed by atoms with Crippen molar-refractivity contribution in [3.63, 3.8) is 0 Å². The van der Waals surface area contributed by atoms with E-state index < -0.39 is 6.10 Å². The van der Waals surface area contributed by atoms with Gasteiger partial charge < -0.3 is 9.47 Å². The van der Waals surface area contributed by atoms with Gasteiger partial charge in [0.25, 0.3) is 0 Å². The standard InChI is InChI=1S/C23H21N5O3S/c1-2-13-28-22(20-15-30-18-10-6-7-11-19(18)31-20)25-26-23(28)32-16-21(29)27(14-12-24)17-8-4-3-5-9-17/h2-11,20H,1,13-16H2. The molecule has 162 valence electrons. The minimum Gasteiger partial charge on any atom is -0.485 e. The number of fused-ring (bicyclic) bond motifs is 1. The molecule has 9 heteroatoms. The lowest BCUT2D eigenvalue weighted by molar-refractivity contribution is -0.116. The van der Waals surface area contributed by atoms with E-state index in [2.05, 4.69) is 22.8 Å². The molecule has 2 heterocycles. The highest BCUT2D eigenvalue weighted by molar-refractivity contribution is 7.99. The average molecular weight is 448 g/mol. The van der Waals surface area contributed by atoms with Gasteiger partial charge in [-0.2, -0.15) is 5.26 Å². The molecule has 0 aliphatic carbocycles. The van der Waals surface area contributed by atoms with Crippen molar-refractivity contribution in [3.05, 3.63) is 73.1 Å². The smallest absolute Gasteiger partial charge is 0.238 e. The number of nitriles is 1. The number of amides is 1. The number of allylic oxidation sites excluding steroid dienone is 1. The first-order valence-corrected chi connectivity index (χ1v) is 11.0. The van der Waals surface area contributed by atoms with Gasteiger partial charge in [-0.05, 0) is 24.3 Å². The summed E-state index contributed by atoms with van der Waals surface area (Å²) in [5.74, 6) is 1.86. The van der Waals surface area contributed by atoms with Gasteiger partial charge in [0.05, 0.1) is 11.8 Å². The van der Waals surface area contributed by atoms with Crippen molar-refractivity contribution in [1.29, 1.82) is 5.26 Å². The monoisotopic (exact) mass is 447 g/mol. The molecule has 1 aliphatic heterocycles. The summed E-state index contributed by atoms with van der Waals surface area (Å²) < 4.78 is 13.7. The van der Waals surface area contributed by atoms with E-state index >= 15 is 0 Å². The number of carbonyl (C=O) groups is 1. The quantitative estimate of drug-likeness (QED) is 0.296. The highest BCUT2D eigenvalue weighted by Gasteiger charge is 2.28. The van der Waals surface area contributed by atoms with Crippen LogP contribution >= 0.6 is 11.8 Å². The van der Waals surface area contributed by atoms with Crippen LogP contribution in [0.5, 0.6) is 11.5 Å². The number of hydrogen-bond donors (Lipinski definition) is 0. The molecule has 0 spiro atoms. The molecule has 0 saturated heterocycles. The second-order valence-corrected chi connectivity index (χ2v) is 7.81. The minimum atomic E-state index is -0.429. The molecule has 4 rings (SSSR count). The van der Waals surface area contributed by atoms with E-state index in [1.165, 1.54) is 16.7 Å². The van der Waals surface area contributed by atoms with E-state index in [0.717, 1.165) is 0 Å². The molecular formula is C23H21N5O3S. The topological polar surface area (TPSA) is 93.3 Å². The first kappa shape index (κ1) is 21.5. The van der Waals surface area contributed by atoms with Gasteiger partial charge in [-0.15, -0.1) is 16.8 Å². The van der Waals surface area contributed by atoms with Gasteiger partial charge in [-0.1, -0.05) is 48.2 Å². The van der Waals surface area contributed by atoms with E-state index in [1.807, 2.05) is 47.0 Å². The summed E-state index contributed by atoms with van der Waals surface area (Å²) in [4.78, 5) is 14.3. The molecule has 0 saturated carbocycles. The second kappa shape index (κ2) is 10.0. The van der Waals surface area contributed by atoms with Crippen molar-refractivity contribution in [3.8, 4) is 17.6 Å². The largest absolute Gasteiger partial charge is 0.485 e. The number of hydrogen-bond acceptors (Lipinski definition) is 7. The normalized spacial score (nSPS) is 14.4. The number of aromatic nitrogens is 3. The summed E-state index contributed by atoms with van der Waals surface area (Å²) in [6, 6.07) is 18.6. The Morgan fingerprint density at radius 1 is 1.22 bits per heavy atom. The number of nitrogens with zero attached hydrogens (tertiary/aromatic N) is 5. The van der Waals surface area contributed by atoms with Crippen molar-refractivity contribution in [2.24, 2.45) is 0 Å². The molecule has 1 aromatic heterocycles. The Morgan fingerprint density at radius 3 is 2.72 bits per heavy atom. The van der Waals surface area contributed by atoms with Gasteiger partial charge in [0.15, 0.2) is 28.6 Å². The first-order valence-electron chi connectivity index (χ1n) is 9.99. The number of anilines is 1. The van der Waals surface area contributed by atoms with E-state index in [4.69, 9.17) is 14.7 Å². The Kier molecular flexibility index (Phi) is 6.72. The molecule has 0 N–H and O–H groups in total. The maximum atomic E-state index is 12.9. The molecule has 3 aromatic rings. The number of para-hydroxylation sites is 3. The van der Waals surface area contributed by atoms with Crippen LogP contribution in [0.1, 0.15) is 11.9 Å². The van der Waals surface area contributed by atoms with Gasteiger partial charge in [0.2, 0.25) is 5.91 Å². The predicted molar refractivity (Wildman–Crippen MR) is 121 cm³/mol. The number of carbonyl (C=O) groups excluding carboxylic acids is 1. The average Bonchev–Trinajstić information content (AvgIpc) is 3.24. The van der Waals surface area contributed by atoms with Gasteiger partial charge in [0.1, 0.15) is 13.2 Å².